The number of benzene rings is 2. The lowest BCUT2D eigenvalue weighted by Gasteiger charge is -2.09. The molecule has 26 heavy (non-hydrogen) atoms. The highest BCUT2D eigenvalue weighted by Crippen LogP contribution is 2.24. The molecule has 6 nitrogen and oxygen atoms in total. The zero-order valence-corrected chi connectivity index (χ0v) is 14.4. The average Bonchev–Trinajstić information content (AvgIpc) is 3.17. The van der Waals surface area contributed by atoms with Crippen LogP contribution in [0.3, 0.4) is 0 Å². The third kappa shape index (κ3) is 3.52. The molecule has 0 radical (unpaired) electrons. The van der Waals surface area contributed by atoms with E-state index in [0.29, 0.717) is 17.0 Å². The van der Waals surface area contributed by atoms with Gasteiger partial charge in [-0.3, -0.25) is 9.78 Å². The van der Waals surface area contributed by atoms with E-state index in [4.69, 9.17) is 4.74 Å². The number of fused-ring (bicyclic) bond motifs is 1. The molecule has 0 saturated heterocycles. The molecule has 0 saturated carbocycles. The summed E-state index contributed by atoms with van der Waals surface area (Å²) in [6.07, 6.45) is 3.48. The van der Waals surface area contributed by atoms with Crippen molar-refractivity contribution in [2.45, 2.75) is 0 Å². The number of anilines is 1. The molecule has 0 unspecified atom stereocenters. The molecular weight excluding hydrogens is 348 g/mol. The van der Waals surface area contributed by atoms with Crippen LogP contribution in [0.2, 0.25) is 0 Å². The maximum atomic E-state index is 12.2. The molecule has 2 aromatic heterocycles. The van der Waals surface area contributed by atoms with E-state index in [2.05, 4.69) is 19.0 Å². The van der Waals surface area contributed by atoms with E-state index in [1.165, 1.54) is 0 Å². The van der Waals surface area contributed by atoms with Crippen LogP contribution in [0.4, 0.5) is 5.69 Å². The minimum Gasteiger partial charge on any atom is -0.484 e. The molecule has 1 N–H and O–H groups in total. The standard InChI is InChI=1S/C19H14N4O2S/c24-18(21-16-5-2-6-17-19(16)23-26-22-17)12-25-15-4-1-3-14(11-15)13-7-9-20-10-8-13/h1-11H,12H2,(H,21,24). The minimum atomic E-state index is -0.250. The second-order valence-electron chi connectivity index (χ2n) is 5.54. The van der Waals surface area contributed by atoms with Crippen molar-refractivity contribution >= 4 is 34.4 Å². The first kappa shape index (κ1) is 16.2. The van der Waals surface area contributed by atoms with Gasteiger partial charge in [-0.15, -0.1) is 0 Å². The summed E-state index contributed by atoms with van der Waals surface area (Å²) < 4.78 is 14.0. The molecule has 4 rings (SSSR count). The van der Waals surface area contributed by atoms with Crippen LogP contribution in [0.1, 0.15) is 0 Å². The largest absolute Gasteiger partial charge is 0.484 e. The van der Waals surface area contributed by atoms with E-state index >= 15 is 0 Å². The van der Waals surface area contributed by atoms with E-state index in [0.717, 1.165) is 28.4 Å². The number of carbonyl (C=O) groups excluding carboxylic acids is 1. The molecular formula is C19H14N4O2S. The Kier molecular flexibility index (Phi) is 4.53. The summed E-state index contributed by atoms with van der Waals surface area (Å²) in [5, 5.41) is 2.82. The van der Waals surface area contributed by atoms with Crippen LogP contribution < -0.4 is 10.1 Å². The minimum absolute atomic E-state index is 0.0895. The van der Waals surface area contributed by atoms with Crippen LogP contribution in [-0.4, -0.2) is 26.2 Å². The number of hydrogen-bond donors (Lipinski definition) is 1. The van der Waals surface area contributed by atoms with Crippen molar-refractivity contribution in [3.8, 4) is 16.9 Å². The molecule has 0 spiro atoms. The lowest BCUT2D eigenvalue weighted by molar-refractivity contribution is -0.118. The number of nitrogens with zero attached hydrogens (tertiary/aromatic N) is 3. The summed E-state index contributed by atoms with van der Waals surface area (Å²) in [4.78, 5) is 16.2. The normalized spacial score (nSPS) is 10.6. The molecule has 2 aromatic carbocycles. The average molecular weight is 362 g/mol. The molecule has 128 valence electrons. The Hall–Kier alpha value is -3.32. The number of amides is 1. The van der Waals surface area contributed by atoms with Crippen molar-refractivity contribution in [2.24, 2.45) is 0 Å². The molecule has 1 amide bonds. The Labute approximate surface area is 153 Å². The van der Waals surface area contributed by atoms with E-state index in [9.17, 15) is 4.79 Å². The summed E-state index contributed by atoms with van der Waals surface area (Å²) in [6, 6.07) is 16.9. The van der Waals surface area contributed by atoms with Gasteiger partial charge in [0.25, 0.3) is 5.91 Å². The van der Waals surface area contributed by atoms with Crippen LogP contribution >= 0.6 is 11.7 Å². The smallest absolute Gasteiger partial charge is 0.262 e. The number of aromatic nitrogens is 3. The quantitative estimate of drug-likeness (QED) is 0.585. The molecule has 0 aliphatic heterocycles. The lowest BCUT2D eigenvalue weighted by atomic mass is 10.1. The summed E-state index contributed by atoms with van der Waals surface area (Å²) in [6.45, 7) is -0.0895. The highest BCUT2D eigenvalue weighted by molar-refractivity contribution is 7.00. The fourth-order valence-corrected chi connectivity index (χ4v) is 3.10. The van der Waals surface area contributed by atoms with Gasteiger partial charge in [0.05, 0.1) is 17.4 Å². The number of pyridine rings is 1. The zero-order valence-electron chi connectivity index (χ0n) is 13.6. The van der Waals surface area contributed by atoms with Crippen LogP contribution in [0.5, 0.6) is 5.75 Å². The van der Waals surface area contributed by atoms with E-state index < -0.39 is 0 Å². The molecule has 2 heterocycles. The number of nitrogens with one attached hydrogen (secondary N) is 1. The Balaban J connectivity index is 1.43. The number of hydrogen-bond acceptors (Lipinski definition) is 6. The highest BCUT2D eigenvalue weighted by atomic mass is 32.1. The van der Waals surface area contributed by atoms with Crippen molar-refractivity contribution < 1.29 is 9.53 Å². The molecule has 0 atom stereocenters. The summed E-state index contributed by atoms with van der Waals surface area (Å²) in [7, 11) is 0. The van der Waals surface area contributed by atoms with Crippen molar-refractivity contribution in [1.82, 2.24) is 13.7 Å². The predicted octanol–water partition coefficient (Wildman–Crippen LogP) is 3.77. The first-order valence-corrected chi connectivity index (χ1v) is 8.67. The SMILES string of the molecule is O=C(COc1cccc(-c2ccncc2)c1)Nc1cccc2nsnc12. The monoisotopic (exact) mass is 362 g/mol. The second-order valence-corrected chi connectivity index (χ2v) is 6.07. The van der Waals surface area contributed by atoms with Crippen molar-refractivity contribution in [2.75, 3.05) is 11.9 Å². The third-order valence-electron chi connectivity index (χ3n) is 3.78. The van der Waals surface area contributed by atoms with Crippen LogP contribution in [0, 0.1) is 0 Å². The maximum absolute atomic E-state index is 12.2. The highest BCUT2D eigenvalue weighted by Gasteiger charge is 2.09. The maximum Gasteiger partial charge on any atom is 0.262 e. The topological polar surface area (TPSA) is 77.0 Å². The van der Waals surface area contributed by atoms with Gasteiger partial charge in [-0.25, -0.2) is 0 Å². The van der Waals surface area contributed by atoms with Gasteiger partial charge in [0, 0.05) is 12.4 Å². The van der Waals surface area contributed by atoms with Gasteiger partial charge in [-0.05, 0) is 47.5 Å². The van der Waals surface area contributed by atoms with Crippen molar-refractivity contribution in [3.63, 3.8) is 0 Å². The predicted molar refractivity (Wildman–Crippen MR) is 101 cm³/mol. The molecule has 0 aliphatic rings. The van der Waals surface area contributed by atoms with Gasteiger partial charge in [0.2, 0.25) is 0 Å². The lowest BCUT2D eigenvalue weighted by Crippen LogP contribution is -2.20. The fourth-order valence-electron chi connectivity index (χ4n) is 2.55. The fraction of sp³-hybridized carbons (Fsp3) is 0.0526. The first-order chi connectivity index (χ1) is 12.8. The number of rotatable bonds is 5. The Morgan fingerprint density at radius 3 is 2.73 bits per heavy atom. The first-order valence-electron chi connectivity index (χ1n) is 7.94. The summed E-state index contributed by atoms with van der Waals surface area (Å²) in [5.74, 6) is 0.378. The van der Waals surface area contributed by atoms with Gasteiger partial charge in [-0.1, -0.05) is 18.2 Å². The van der Waals surface area contributed by atoms with Gasteiger partial charge >= 0.3 is 0 Å². The molecule has 0 bridgehead atoms. The summed E-state index contributed by atoms with van der Waals surface area (Å²) >= 11 is 1.12. The van der Waals surface area contributed by atoms with Crippen LogP contribution in [0.15, 0.2) is 67.0 Å². The van der Waals surface area contributed by atoms with E-state index in [1.54, 1.807) is 18.5 Å². The van der Waals surface area contributed by atoms with Crippen molar-refractivity contribution in [3.05, 3.63) is 67.0 Å². The zero-order chi connectivity index (χ0) is 17.8. The Morgan fingerprint density at radius 2 is 1.85 bits per heavy atom. The summed E-state index contributed by atoms with van der Waals surface area (Å²) in [5.41, 5.74) is 4.13. The Morgan fingerprint density at radius 1 is 1.00 bits per heavy atom. The van der Waals surface area contributed by atoms with Crippen LogP contribution in [0.25, 0.3) is 22.2 Å². The second kappa shape index (κ2) is 7.28. The van der Waals surface area contributed by atoms with Crippen molar-refractivity contribution in [1.29, 1.82) is 0 Å². The van der Waals surface area contributed by atoms with Gasteiger partial charge in [0.1, 0.15) is 16.8 Å². The van der Waals surface area contributed by atoms with Gasteiger partial charge < -0.3 is 10.1 Å². The van der Waals surface area contributed by atoms with E-state index in [-0.39, 0.29) is 12.5 Å². The number of ether oxygens (including phenoxy) is 1. The van der Waals surface area contributed by atoms with E-state index in [1.807, 2.05) is 48.5 Å². The third-order valence-corrected chi connectivity index (χ3v) is 4.32. The Bertz CT molecular complexity index is 1050. The molecule has 4 aromatic rings. The number of carbonyl (C=O) groups is 1. The van der Waals surface area contributed by atoms with Gasteiger partial charge in [0.15, 0.2) is 6.61 Å². The van der Waals surface area contributed by atoms with Crippen LogP contribution in [-0.2, 0) is 4.79 Å². The molecule has 0 aliphatic carbocycles. The van der Waals surface area contributed by atoms with Gasteiger partial charge in [-0.2, -0.15) is 8.75 Å². The molecule has 0 fully saturated rings. The molecule has 7 heteroatoms.